The van der Waals surface area contributed by atoms with Crippen molar-refractivity contribution in [2.24, 2.45) is 0 Å². The fourth-order valence-corrected chi connectivity index (χ4v) is 17.9. The van der Waals surface area contributed by atoms with Crippen LogP contribution >= 0.6 is 22.3 Å². The fourth-order valence-electron chi connectivity index (χ4n) is 16.5. The quantitative estimate of drug-likeness (QED) is 0.0270. The number of unbranched alkanes of at least 4 members (excludes halogenated alkanes) is 46. The maximum Gasteiger partial charge on any atom is 0.317 e. The second-order valence-electron chi connectivity index (χ2n) is 36.2. The van der Waals surface area contributed by atoms with Crippen LogP contribution in [0.1, 0.15) is 505 Å². The number of nitrogens with zero attached hydrogens (tertiary/aromatic N) is 7. The van der Waals surface area contributed by atoms with Crippen LogP contribution < -0.4 is 20.3 Å². The van der Waals surface area contributed by atoms with Gasteiger partial charge < -0.3 is 58.1 Å². The second-order valence-corrected chi connectivity index (χ2v) is 37.8. The molecule has 0 amide bonds. The molecule has 0 aromatic carbocycles. The molecule has 2 N–H and O–H groups in total. The van der Waals surface area contributed by atoms with E-state index in [4.69, 9.17) is 23.7 Å². The molecule has 2 rings (SSSR count). The number of aromatic nitrogens is 4. The van der Waals surface area contributed by atoms with E-state index in [0.717, 1.165) is 238 Å². The molecule has 0 bridgehead atoms. The summed E-state index contributed by atoms with van der Waals surface area (Å²) in [5.74, 6) is 1.99. The van der Waals surface area contributed by atoms with Crippen molar-refractivity contribution in [3.05, 3.63) is 0 Å². The van der Waals surface area contributed by atoms with Gasteiger partial charge in [-0.15, -0.1) is 0 Å². The highest BCUT2D eigenvalue weighted by molar-refractivity contribution is 7.14. The molecule has 0 radical (unpaired) electrons. The average Bonchev–Trinajstić information content (AvgIpc) is 1.75. The van der Waals surface area contributed by atoms with Crippen molar-refractivity contribution in [1.29, 1.82) is 0 Å². The molecule has 722 valence electrons. The third kappa shape index (κ3) is 72.5. The Hall–Kier alpha value is -3.96. The zero-order valence-electron chi connectivity index (χ0n) is 81.9. The molecule has 0 fully saturated rings. The highest BCUT2D eigenvalue weighted by Crippen LogP contribution is 2.28. The molecule has 0 aliphatic rings. The summed E-state index contributed by atoms with van der Waals surface area (Å²) in [5.41, 5.74) is 0. The number of ether oxygens (including phenoxy) is 5. The summed E-state index contributed by atoms with van der Waals surface area (Å²) >= 11 is -3.15. The number of methoxy groups -OCH3 is 1. The molecule has 123 heavy (non-hydrogen) atoms. The topological polar surface area (TPSA) is 246 Å². The SMILES string of the molecule is CCCCCCCCC(CC)OC(=O)CCCCCCCN(CCCCCCCC(=O)OC(CCCCCCCC)CCCCCCCC)CCCNc1n[s+]([O-])nc1N(C)C.CCCCCCCCC(CC)OC(=O)CCCCCCCN(CCCCCCCC(=O)OC(CCCCCCCC)CCCCCCCC)CCCNc1n[s+]([O-])nc1OC. The standard InChI is InChI=1S/C51H99N5O5S.C50H96N4O6S/c1-7-11-14-17-22-29-37-46(10-4)60-48(57)40-32-25-20-27-34-43-56(45-36-42-52-50-51(55(5)6)54-62(59)53-50)44-35-28-21-26-33-41-49(58)61-47(38-30-23-18-15-12-8-2)39-31-24-19-16-13-9-3;1-6-10-13-16-21-28-36-45(9-4)59-47(55)39-31-24-19-26-33-42-54(44-35-41-51-49-50(58-5)53-61(57)52-49)43-34-27-20-25-32-40-48(56)60-46(37-29-22-17-14-11-7-2)38-30-23-18-15-12-8-3/h46-47H,7-45H2,1-6H3,(H,52,53);45-46H,6-44H2,1-5H3,(H,51,52). The molecular weight excluding hydrogens is 1580 g/mol. The predicted octanol–water partition coefficient (Wildman–Crippen LogP) is 29.0. The summed E-state index contributed by atoms with van der Waals surface area (Å²) in [6.07, 6.45) is 79.7. The number of hydrogen-bond acceptors (Lipinski definition) is 20. The average molecular weight is 1780 g/mol. The third-order valence-corrected chi connectivity index (χ3v) is 25.7. The summed E-state index contributed by atoms with van der Waals surface area (Å²) in [6.45, 7) is 25.5. The largest absolute Gasteiger partial charge is 0.546 e. The molecule has 4 atom stereocenters. The van der Waals surface area contributed by atoms with E-state index in [0.29, 0.717) is 55.6 Å². The van der Waals surface area contributed by atoms with Crippen LogP contribution in [0.2, 0.25) is 0 Å². The van der Waals surface area contributed by atoms with E-state index >= 15 is 0 Å². The van der Waals surface area contributed by atoms with Crippen molar-refractivity contribution in [2.45, 2.75) is 529 Å². The Kier molecular flexibility index (Phi) is 83.1. The zero-order chi connectivity index (χ0) is 89.7. The molecule has 22 heteroatoms. The summed E-state index contributed by atoms with van der Waals surface area (Å²) < 4.78 is 68.9. The fraction of sp³-hybridized carbons (Fsp3) is 0.921. The molecule has 0 spiro atoms. The van der Waals surface area contributed by atoms with E-state index in [1.165, 1.54) is 238 Å². The van der Waals surface area contributed by atoms with Crippen LogP contribution in [0.3, 0.4) is 0 Å². The Morgan fingerprint density at radius 1 is 0.293 bits per heavy atom. The van der Waals surface area contributed by atoms with Crippen LogP contribution in [0.25, 0.3) is 0 Å². The lowest BCUT2D eigenvalue weighted by atomic mass is 10.0. The smallest absolute Gasteiger partial charge is 0.317 e. The van der Waals surface area contributed by atoms with Gasteiger partial charge in [-0.1, -0.05) is 325 Å². The van der Waals surface area contributed by atoms with Gasteiger partial charge in [0, 0.05) is 70.4 Å². The first-order valence-electron chi connectivity index (χ1n) is 52.2. The molecule has 2 aromatic heterocycles. The monoisotopic (exact) mass is 1770 g/mol. The van der Waals surface area contributed by atoms with Gasteiger partial charge in [0.25, 0.3) is 5.82 Å². The van der Waals surface area contributed by atoms with Crippen LogP contribution in [-0.2, 0) is 38.1 Å². The first-order valence-corrected chi connectivity index (χ1v) is 54.3. The maximum atomic E-state index is 12.9. The Morgan fingerprint density at radius 2 is 0.520 bits per heavy atom. The summed E-state index contributed by atoms with van der Waals surface area (Å²) in [6, 6.07) is 0. The van der Waals surface area contributed by atoms with Crippen molar-refractivity contribution in [3.63, 3.8) is 0 Å². The number of anilines is 3. The lowest BCUT2D eigenvalue weighted by Gasteiger charge is -2.22. The van der Waals surface area contributed by atoms with Gasteiger partial charge in [-0.05, 0) is 193 Å². The van der Waals surface area contributed by atoms with Gasteiger partial charge in [0.15, 0.2) is 22.3 Å². The molecule has 4 unspecified atom stereocenters. The number of nitrogens with one attached hydrogen (secondary N) is 2. The molecule has 2 heterocycles. The minimum atomic E-state index is -1.61. The van der Waals surface area contributed by atoms with E-state index in [1.807, 2.05) is 19.0 Å². The van der Waals surface area contributed by atoms with Gasteiger partial charge in [0.2, 0.25) is 11.6 Å². The van der Waals surface area contributed by atoms with Gasteiger partial charge >= 0.3 is 29.8 Å². The second kappa shape index (κ2) is 87.4. The van der Waals surface area contributed by atoms with Gasteiger partial charge in [0.1, 0.15) is 24.4 Å². The van der Waals surface area contributed by atoms with Crippen molar-refractivity contribution in [3.8, 4) is 5.88 Å². The Bertz CT molecular complexity index is 2630. The molecule has 2 aromatic rings. The van der Waals surface area contributed by atoms with Crippen molar-refractivity contribution in [1.82, 2.24) is 27.3 Å². The summed E-state index contributed by atoms with van der Waals surface area (Å²) in [7, 11) is 5.30. The van der Waals surface area contributed by atoms with E-state index in [1.54, 1.807) is 0 Å². The van der Waals surface area contributed by atoms with Gasteiger partial charge in [-0.25, -0.2) is 0 Å². The number of carbonyl (C=O) groups is 4. The lowest BCUT2D eigenvalue weighted by Crippen LogP contribution is -2.28. The number of hydrogen-bond donors (Lipinski definition) is 2. The Balaban J connectivity index is 0.00000123. The molecular formula is C101H195N9O11S2. The molecule has 0 aliphatic carbocycles. The number of esters is 4. The third-order valence-electron chi connectivity index (χ3n) is 24.4. The van der Waals surface area contributed by atoms with Crippen molar-refractivity contribution in [2.75, 3.05) is 89.1 Å². The first kappa shape index (κ1) is 117. The Labute approximate surface area is 762 Å². The lowest BCUT2D eigenvalue weighted by molar-refractivity contribution is -0.151. The minimum absolute atomic E-state index is 0.00400. The molecule has 0 aliphatic heterocycles. The molecule has 20 nitrogen and oxygen atoms in total. The highest BCUT2D eigenvalue weighted by atomic mass is 32.2. The first-order chi connectivity index (χ1) is 60.1. The van der Waals surface area contributed by atoms with Crippen LogP contribution in [0.4, 0.5) is 17.5 Å². The van der Waals surface area contributed by atoms with E-state index in [9.17, 15) is 28.3 Å². The highest BCUT2D eigenvalue weighted by Gasteiger charge is 2.22. The van der Waals surface area contributed by atoms with Gasteiger partial charge in [0.05, 0.1) is 7.11 Å². The van der Waals surface area contributed by atoms with Crippen LogP contribution in [0, 0.1) is 0 Å². The van der Waals surface area contributed by atoms with E-state index in [-0.39, 0.29) is 48.3 Å². The normalized spacial score (nSPS) is 12.4. The molecule has 0 saturated carbocycles. The minimum Gasteiger partial charge on any atom is -0.546 e. The maximum absolute atomic E-state index is 12.9. The van der Waals surface area contributed by atoms with Crippen LogP contribution in [0.15, 0.2) is 0 Å². The van der Waals surface area contributed by atoms with Gasteiger partial charge in [-0.2, -0.15) is 0 Å². The van der Waals surface area contributed by atoms with Crippen LogP contribution in [0.5, 0.6) is 5.88 Å². The molecule has 0 saturated heterocycles. The zero-order valence-corrected chi connectivity index (χ0v) is 83.5. The summed E-state index contributed by atoms with van der Waals surface area (Å²) in [4.78, 5) is 57.8. The number of carbonyl (C=O) groups excluding carboxylic acids is 4. The van der Waals surface area contributed by atoms with Crippen molar-refractivity contribution < 1.29 is 52.0 Å². The van der Waals surface area contributed by atoms with E-state index in [2.05, 4.69) is 93.3 Å². The van der Waals surface area contributed by atoms with Gasteiger partial charge in [-0.3, -0.25) is 19.2 Å². The Morgan fingerprint density at radius 3 is 0.797 bits per heavy atom. The summed E-state index contributed by atoms with van der Waals surface area (Å²) in [5, 5.41) is 6.61. The van der Waals surface area contributed by atoms with Crippen molar-refractivity contribution >= 4 is 63.6 Å². The van der Waals surface area contributed by atoms with E-state index < -0.39 is 22.3 Å². The van der Waals surface area contributed by atoms with Crippen LogP contribution in [-0.4, -0.2) is 158 Å². The number of rotatable bonds is 92. The predicted molar refractivity (Wildman–Crippen MR) is 520 cm³/mol.